The summed E-state index contributed by atoms with van der Waals surface area (Å²) in [5, 5.41) is 0. The summed E-state index contributed by atoms with van der Waals surface area (Å²) < 4.78 is 39.6. The first kappa shape index (κ1) is 30.3. The predicted octanol–water partition coefficient (Wildman–Crippen LogP) is 8.27. The zero-order valence-electron chi connectivity index (χ0n) is 28.6. The van der Waals surface area contributed by atoms with E-state index in [4.69, 9.17) is 28.4 Å². The van der Waals surface area contributed by atoms with Crippen LogP contribution in [0.4, 0.5) is 0 Å². The van der Waals surface area contributed by atoms with Crippen LogP contribution in [-0.2, 0) is 75.2 Å². The average Bonchev–Trinajstić information content (AvgIpc) is 3.98. The standard InChI is InChI=1S/2C22H22O3/c2*1-2-8-17-16(7-1)15-25-22-19-10-4-3-9-18(19)21(12-6-13-23-21)20(17,22)11-5-14-24-22/h2*1-4,7-10H,5-6,11-15H2/t2*20-,21+,22+/m10/s1. The highest BCUT2D eigenvalue weighted by molar-refractivity contribution is 5.58. The summed E-state index contributed by atoms with van der Waals surface area (Å²) in [5.41, 5.74) is 9.02. The lowest BCUT2D eigenvalue weighted by atomic mass is 9.59. The highest BCUT2D eigenvalue weighted by Crippen LogP contribution is 2.73. The molecule has 0 aromatic heterocycles. The van der Waals surface area contributed by atoms with E-state index in [1.807, 2.05) is 0 Å². The van der Waals surface area contributed by atoms with Crippen molar-refractivity contribution < 1.29 is 28.4 Å². The first-order valence-corrected chi connectivity index (χ1v) is 18.9. The van der Waals surface area contributed by atoms with Gasteiger partial charge in [0, 0.05) is 24.3 Å². The van der Waals surface area contributed by atoms with Crippen LogP contribution in [0.25, 0.3) is 0 Å². The van der Waals surface area contributed by atoms with Gasteiger partial charge in [0.25, 0.3) is 0 Å². The molecule has 6 atom stereocenters. The molecule has 4 fully saturated rings. The molecule has 8 aliphatic rings. The van der Waals surface area contributed by atoms with Crippen molar-refractivity contribution in [3.05, 3.63) is 142 Å². The molecule has 0 bridgehead atoms. The molecule has 4 aromatic carbocycles. The lowest BCUT2D eigenvalue weighted by Gasteiger charge is -2.57. The largest absolute Gasteiger partial charge is 0.369 e. The predicted molar refractivity (Wildman–Crippen MR) is 186 cm³/mol. The Labute approximate surface area is 294 Å². The van der Waals surface area contributed by atoms with Crippen LogP contribution in [0.2, 0.25) is 0 Å². The Hall–Kier alpha value is -3.36. The van der Waals surface area contributed by atoms with E-state index in [0.717, 1.165) is 77.8 Å². The fourth-order valence-corrected chi connectivity index (χ4v) is 12.3. The molecular weight excluding hydrogens is 624 g/mol. The number of rotatable bonds is 0. The quantitative estimate of drug-likeness (QED) is 0.188. The first-order chi connectivity index (χ1) is 24.7. The molecule has 0 N–H and O–H groups in total. The van der Waals surface area contributed by atoms with Gasteiger partial charge in [-0.1, -0.05) is 97.1 Å². The van der Waals surface area contributed by atoms with Crippen LogP contribution < -0.4 is 0 Å². The second kappa shape index (κ2) is 10.6. The van der Waals surface area contributed by atoms with Crippen LogP contribution in [-0.4, -0.2) is 26.4 Å². The highest BCUT2D eigenvalue weighted by Gasteiger charge is 2.78. The van der Waals surface area contributed by atoms with Crippen molar-refractivity contribution in [1.29, 1.82) is 0 Å². The summed E-state index contributed by atoms with van der Waals surface area (Å²) in [7, 11) is 0. The third kappa shape index (κ3) is 3.29. The lowest BCUT2D eigenvalue weighted by molar-refractivity contribution is -0.340. The third-order valence-electron chi connectivity index (χ3n) is 13.8. The maximum atomic E-state index is 6.65. The summed E-state index contributed by atoms with van der Waals surface area (Å²) in [6.45, 7) is 4.32. The van der Waals surface area contributed by atoms with E-state index in [2.05, 4.69) is 97.1 Å². The van der Waals surface area contributed by atoms with E-state index >= 15 is 0 Å². The van der Waals surface area contributed by atoms with Crippen molar-refractivity contribution in [1.82, 2.24) is 0 Å². The van der Waals surface area contributed by atoms with E-state index in [0.29, 0.717) is 13.2 Å². The first-order valence-electron chi connectivity index (χ1n) is 18.9. The number of hydrogen-bond donors (Lipinski definition) is 0. The van der Waals surface area contributed by atoms with Crippen LogP contribution in [0.5, 0.6) is 0 Å². The van der Waals surface area contributed by atoms with Crippen molar-refractivity contribution in [2.24, 2.45) is 0 Å². The molecule has 0 unspecified atom stereocenters. The van der Waals surface area contributed by atoms with Crippen LogP contribution in [0, 0.1) is 0 Å². The van der Waals surface area contributed by atoms with Gasteiger partial charge in [0.1, 0.15) is 11.2 Å². The molecule has 4 saturated heterocycles. The molecule has 6 heteroatoms. The smallest absolute Gasteiger partial charge is 0.208 e. The Morgan fingerprint density at radius 3 is 1.12 bits per heavy atom. The van der Waals surface area contributed by atoms with Gasteiger partial charge >= 0.3 is 0 Å². The Morgan fingerprint density at radius 1 is 0.340 bits per heavy atom. The fraction of sp³-hybridized carbons (Fsp3) is 0.455. The topological polar surface area (TPSA) is 55.4 Å². The third-order valence-corrected chi connectivity index (χ3v) is 13.8. The number of fused-ring (bicyclic) bond motifs is 6. The number of ether oxygens (including phenoxy) is 6. The molecule has 2 spiro atoms. The molecule has 6 nitrogen and oxygen atoms in total. The zero-order chi connectivity index (χ0) is 33.1. The van der Waals surface area contributed by atoms with Gasteiger partial charge < -0.3 is 28.4 Å². The molecular formula is C44H44O6. The summed E-state index contributed by atoms with van der Waals surface area (Å²) >= 11 is 0. The summed E-state index contributed by atoms with van der Waals surface area (Å²) in [6.07, 6.45) is 8.41. The Kier molecular flexibility index (Phi) is 6.42. The van der Waals surface area contributed by atoms with E-state index in [1.54, 1.807) is 0 Å². The summed E-state index contributed by atoms with van der Waals surface area (Å²) in [6, 6.07) is 34.9. The molecule has 4 aromatic rings. The van der Waals surface area contributed by atoms with Crippen LogP contribution in [0.1, 0.15) is 95.9 Å². The number of benzene rings is 4. The van der Waals surface area contributed by atoms with Crippen LogP contribution in [0.15, 0.2) is 97.1 Å². The lowest BCUT2D eigenvalue weighted by Crippen LogP contribution is -2.62. The molecule has 50 heavy (non-hydrogen) atoms. The summed E-state index contributed by atoms with van der Waals surface area (Å²) in [4.78, 5) is 0. The Balaban J connectivity index is 0.000000120. The molecule has 6 aliphatic heterocycles. The van der Waals surface area contributed by atoms with Crippen molar-refractivity contribution >= 4 is 0 Å². The van der Waals surface area contributed by atoms with E-state index in [-0.39, 0.29) is 22.0 Å². The number of hydrogen-bond acceptors (Lipinski definition) is 6. The van der Waals surface area contributed by atoms with Gasteiger partial charge in [0.2, 0.25) is 11.6 Å². The van der Waals surface area contributed by atoms with E-state index in [9.17, 15) is 0 Å². The van der Waals surface area contributed by atoms with Crippen molar-refractivity contribution in [2.75, 3.05) is 26.4 Å². The van der Waals surface area contributed by atoms with E-state index < -0.39 is 11.6 Å². The van der Waals surface area contributed by atoms with Gasteiger partial charge in [-0.2, -0.15) is 0 Å². The van der Waals surface area contributed by atoms with Crippen molar-refractivity contribution in [3.63, 3.8) is 0 Å². The maximum Gasteiger partial charge on any atom is 0.208 e. The molecule has 0 radical (unpaired) electrons. The van der Waals surface area contributed by atoms with Crippen LogP contribution in [0.3, 0.4) is 0 Å². The molecule has 12 rings (SSSR count). The normalized spacial score (nSPS) is 38.1. The monoisotopic (exact) mass is 668 g/mol. The zero-order valence-corrected chi connectivity index (χ0v) is 28.6. The molecule has 0 saturated carbocycles. The van der Waals surface area contributed by atoms with Crippen molar-refractivity contribution in [3.8, 4) is 0 Å². The minimum absolute atomic E-state index is 0.284. The van der Waals surface area contributed by atoms with Crippen LogP contribution >= 0.6 is 0 Å². The second-order valence-electron chi connectivity index (χ2n) is 15.5. The SMILES string of the molecule is c1ccc2c(c1)CO[C@@]13OCCC[C@@]21[C@@]1(CCCO1)c1ccccc13.c1ccc2c(c1)CO[C@]13OCCC[C@]21[C@]1(CCCO1)c1ccccc13. The van der Waals surface area contributed by atoms with Gasteiger partial charge in [0.15, 0.2) is 0 Å². The van der Waals surface area contributed by atoms with Gasteiger partial charge in [-0.15, -0.1) is 0 Å². The molecule has 6 heterocycles. The maximum absolute atomic E-state index is 6.65. The van der Waals surface area contributed by atoms with Crippen molar-refractivity contribution in [2.45, 2.75) is 98.2 Å². The minimum atomic E-state index is -0.708. The average molecular weight is 669 g/mol. The Morgan fingerprint density at radius 2 is 0.700 bits per heavy atom. The Bertz CT molecular complexity index is 1820. The van der Waals surface area contributed by atoms with Gasteiger partial charge in [-0.3, -0.25) is 0 Å². The van der Waals surface area contributed by atoms with E-state index in [1.165, 1.54) is 44.5 Å². The second-order valence-corrected chi connectivity index (χ2v) is 15.5. The minimum Gasteiger partial charge on any atom is -0.369 e. The molecule has 256 valence electrons. The molecule has 2 aliphatic carbocycles. The highest BCUT2D eigenvalue weighted by atomic mass is 16.7. The van der Waals surface area contributed by atoms with Gasteiger partial charge in [-0.25, -0.2) is 0 Å². The molecule has 0 amide bonds. The fourth-order valence-electron chi connectivity index (χ4n) is 12.3. The van der Waals surface area contributed by atoms with Gasteiger partial charge in [0.05, 0.1) is 37.3 Å². The summed E-state index contributed by atoms with van der Waals surface area (Å²) in [5.74, 6) is -1.42. The van der Waals surface area contributed by atoms with Gasteiger partial charge in [-0.05, 0) is 84.7 Å².